The van der Waals surface area contributed by atoms with E-state index in [1.165, 1.54) is 28.1 Å². The Morgan fingerprint density at radius 1 is 1.33 bits per heavy atom. The van der Waals surface area contributed by atoms with E-state index in [1.807, 2.05) is 0 Å². The zero-order valence-electron chi connectivity index (χ0n) is 12.8. The molecule has 0 heterocycles. The van der Waals surface area contributed by atoms with Gasteiger partial charge in [-0.3, -0.25) is 4.79 Å². The fourth-order valence-corrected chi connectivity index (χ4v) is 2.68. The number of methoxy groups -OCH3 is 2. The third-order valence-corrected chi connectivity index (χ3v) is 4.08. The molecule has 1 aromatic rings. The second-order valence-electron chi connectivity index (χ2n) is 6.08. The predicted octanol–water partition coefficient (Wildman–Crippen LogP) is 3.41. The Kier molecular flexibility index (Phi) is 3.87. The molecule has 0 amide bonds. The molecule has 0 spiro atoms. The van der Waals surface area contributed by atoms with Crippen LogP contribution in [0, 0.1) is 0 Å². The molecule has 0 atom stereocenters. The van der Waals surface area contributed by atoms with Crippen LogP contribution in [0.25, 0.3) is 0 Å². The molecule has 0 bridgehead atoms. The van der Waals surface area contributed by atoms with Crippen molar-refractivity contribution in [3.8, 4) is 11.5 Å². The van der Waals surface area contributed by atoms with Crippen LogP contribution in [0.5, 0.6) is 11.5 Å². The number of carboxylic acids is 1. The summed E-state index contributed by atoms with van der Waals surface area (Å²) in [5.74, 6) is 0.0788. The van der Waals surface area contributed by atoms with Gasteiger partial charge in [0.2, 0.25) is 0 Å². The van der Waals surface area contributed by atoms with Gasteiger partial charge in [-0.05, 0) is 44.4 Å². The minimum atomic E-state index is -1.53. The van der Waals surface area contributed by atoms with E-state index in [1.54, 1.807) is 12.1 Å². The Balaban J connectivity index is 2.60. The standard InChI is InChI=1S/C16H21FO4/c1-15(2,17)10-7-11(14(21-4)12(8-10)20-3)16(5-6-16)9-13(18)19/h7-8H,5-6,9H2,1-4H3,(H,18,19). The molecule has 0 radical (unpaired) electrons. The molecule has 116 valence electrons. The summed E-state index contributed by atoms with van der Waals surface area (Å²) in [7, 11) is 3.01. The van der Waals surface area contributed by atoms with Gasteiger partial charge in [-0.15, -0.1) is 0 Å². The molecular weight excluding hydrogens is 275 g/mol. The number of ether oxygens (including phenoxy) is 2. The van der Waals surface area contributed by atoms with Crippen molar-refractivity contribution in [2.45, 2.75) is 44.2 Å². The molecule has 1 aliphatic rings. The number of benzene rings is 1. The summed E-state index contributed by atoms with van der Waals surface area (Å²) in [4.78, 5) is 11.1. The third kappa shape index (κ3) is 2.96. The van der Waals surface area contributed by atoms with Crippen LogP contribution in [0.15, 0.2) is 12.1 Å². The fourth-order valence-electron chi connectivity index (χ4n) is 2.68. The minimum absolute atomic E-state index is 0.0165. The van der Waals surface area contributed by atoms with Crippen molar-refractivity contribution in [3.63, 3.8) is 0 Å². The molecule has 4 nitrogen and oxygen atoms in total. The summed E-state index contributed by atoms with van der Waals surface area (Å²) < 4.78 is 25.0. The van der Waals surface area contributed by atoms with Crippen LogP contribution in [0.4, 0.5) is 4.39 Å². The molecule has 21 heavy (non-hydrogen) atoms. The molecule has 1 aromatic carbocycles. The van der Waals surface area contributed by atoms with Gasteiger partial charge >= 0.3 is 5.97 Å². The molecule has 1 aliphatic carbocycles. The van der Waals surface area contributed by atoms with Crippen LogP contribution >= 0.6 is 0 Å². The number of aliphatic carboxylic acids is 1. The first-order valence-electron chi connectivity index (χ1n) is 6.91. The van der Waals surface area contributed by atoms with Crippen LogP contribution in [-0.2, 0) is 15.9 Å². The Morgan fingerprint density at radius 2 is 1.95 bits per heavy atom. The highest BCUT2D eigenvalue weighted by molar-refractivity contribution is 5.71. The van der Waals surface area contributed by atoms with Gasteiger partial charge in [-0.1, -0.05) is 0 Å². The van der Waals surface area contributed by atoms with Crippen LogP contribution in [-0.4, -0.2) is 25.3 Å². The number of hydrogen-bond acceptors (Lipinski definition) is 3. The van der Waals surface area contributed by atoms with Gasteiger partial charge in [-0.25, -0.2) is 4.39 Å². The Hall–Kier alpha value is -1.78. The Labute approximate surface area is 123 Å². The summed E-state index contributed by atoms with van der Waals surface area (Å²) in [5.41, 5.74) is -0.807. The average molecular weight is 296 g/mol. The maximum Gasteiger partial charge on any atom is 0.304 e. The lowest BCUT2D eigenvalue weighted by Gasteiger charge is -2.24. The van der Waals surface area contributed by atoms with Crippen LogP contribution < -0.4 is 9.47 Å². The van der Waals surface area contributed by atoms with Crippen LogP contribution in [0.3, 0.4) is 0 Å². The first-order chi connectivity index (χ1) is 9.73. The number of carboxylic acid groups (broad SMARTS) is 1. The van der Waals surface area contributed by atoms with E-state index in [9.17, 15) is 9.18 Å². The third-order valence-electron chi connectivity index (χ3n) is 4.08. The number of carbonyl (C=O) groups is 1. The van der Waals surface area contributed by atoms with E-state index in [4.69, 9.17) is 14.6 Å². The molecule has 0 saturated heterocycles. The number of rotatable bonds is 6. The number of alkyl halides is 1. The summed E-state index contributed by atoms with van der Waals surface area (Å²) in [5, 5.41) is 9.12. The van der Waals surface area contributed by atoms with E-state index in [0.29, 0.717) is 17.1 Å². The second-order valence-corrected chi connectivity index (χ2v) is 6.08. The normalized spacial score (nSPS) is 16.4. The second kappa shape index (κ2) is 5.20. The first kappa shape index (κ1) is 15.6. The van der Waals surface area contributed by atoms with E-state index < -0.39 is 17.1 Å². The van der Waals surface area contributed by atoms with Gasteiger partial charge < -0.3 is 14.6 Å². The maximum atomic E-state index is 14.3. The van der Waals surface area contributed by atoms with Crippen molar-refractivity contribution in [1.82, 2.24) is 0 Å². The Morgan fingerprint density at radius 3 is 2.33 bits per heavy atom. The van der Waals surface area contributed by atoms with Gasteiger partial charge in [0.25, 0.3) is 0 Å². The zero-order valence-corrected chi connectivity index (χ0v) is 12.8. The predicted molar refractivity (Wildman–Crippen MR) is 76.8 cm³/mol. The van der Waals surface area contributed by atoms with E-state index in [2.05, 4.69) is 0 Å². The van der Waals surface area contributed by atoms with Gasteiger partial charge in [-0.2, -0.15) is 0 Å². The lowest BCUT2D eigenvalue weighted by atomic mass is 9.87. The van der Waals surface area contributed by atoms with Crippen molar-refractivity contribution < 1.29 is 23.8 Å². The summed E-state index contributed by atoms with van der Waals surface area (Å²) >= 11 is 0. The van der Waals surface area contributed by atoms with E-state index in [0.717, 1.165) is 18.4 Å². The molecule has 1 saturated carbocycles. The van der Waals surface area contributed by atoms with Gasteiger partial charge in [0, 0.05) is 11.0 Å². The number of halogens is 1. The van der Waals surface area contributed by atoms with E-state index in [-0.39, 0.29) is 6.42 Å². The largest absolute Gasteiger partial charge is 0.493 e. The first-order valence-corrected chi connectivity index (χ1v) is 6.91. The van der Waals surface area contributed by atoms with Crippen molar-refractivity contribution in [1.29, 1.82) is 0 Å². The average Bonchev–Trinajstić information content (AvgIpc) is 3.15. The van der Waals surface area contributed by atoms with Crippen LogP contribution in [0.2, 0.25) is 0 Å². The van der Waals surface area contributed by atoms with Gasteiger partial charge in [0.15, 0.2) is 11.5 Å². The zero-order chi connectivity index (χ0) is 15.8. The summed E-state index contributed by atoms with van der Waals surface area (Å²) in [6, 6.07) is 3.33. The molecule has 1 N–H and O–H groups in total. The number of hydrogen-bond donors (Lipinski definition) is 1. The van der Waals surface area contributed by atoms with Gasteiger partial charge in [0.05, 0.1) is 20.6 Å². The van der Waals surface area contributed by atoms with Crippen LogP contribution in [0.1, 0.15) is 44.2 Å². The summed E-state index contributed by atoms with van der Waals surface area (Å²) in [6.45, 7) is 2.93. The maximum absolute atomic E-state index is 14.3. The molecule has 1 fully saturated rings. The highest BCUT2D eigenvalue weighted by Crippen LogP contribution is 2.56. The summed E-state index contributed by atoms with van der Waals surface area (Å²) in [6.07, 6.45) is 1.53. The van der Waals surface area contributed by atoms with Crippen molar-refractivity contribution in [3.05, 3.63) is 23.3 Å². The Bertz CT molecular complexity index is 556. The van der Waals surface area contributed by atoms with Crippen molar-refractivity contribution >= 4 is 5.97 Å². The molecule has 5 heteroatoms. The molecular formula is C16H21FO4. The van der Waals surface area contributed by atoms with Crippen molar-refractivity contribution in [2.75, 3.05) is 14.2 Å². The quantitative estimate of drug-likeness (QED) is 0.874. The van der Waals surface area contributed by atoms with Crippen molar-refractivity contribution in [2.24, 2.45) is 0 Å². The fraction of sp³-hybridized carbons (Fsp3) is 0.562. The molecule has 0 aromatic heterocycles. The molecule has 0 aliphatic heterocycles. The highest BCUT2D eigenvalue weighted by Gasteiger charge is 2.49. The smallest absolute Gasteiger partial charge is 0.304 e. The lowest BCUT2D eigenvalue weighted by Crippen LogP contribution is -2.17. The highest BCUT2D eigenvalue weighted by atomic mass is 19.1. The van der Waals surface area contributed by atoms with Gasteiger partial charge in [0.1, 0.15) is 5.67 Å². The van der Waals surface area contributed by atoms with E-state index >= 15 is 0 Å². The topological polar surface area (TPSA) is 55.8 Å². The lowest BCUT2D eigenvalue weighted by molar-refractivity contribution is -0.137. The molecule has 0 unspecified atom stereocenters. The monoisotopic (exact) mass is 296 g/mol. The SMILES string of the molecule is COc1cc(C(C)(C)F)cc(C2(CC(=O)O)CC2)c1OC. The molecule has 2 rings (SSSR count). The minimum Gasteiger partial charge on any atom is -0.493 e.